The first-order valence-electron chi connectivity index (χ1n) is 6.04. The van der Waals surface area contributed by atoms with Gasteiger partial charge >= 0.3 is 5.97 Å². The largest absolute Gasteiger partial charge is 0.488 e. The highest BCUT2D eigenvalue weighted by atomic mass is 16.5. The van der Waals surface area contributed by atoms with Crippen LogP contribution in [0.15, 0.2) is 40.8 Å². The molecule has 1 unspecified atom stereocenters. The molecule has 1 atom stereocenters. The molecule has 5 nitrogen and oxygen atoms in total. The Morgan fingerprint density at radius 2 is 2.16 bits per heavy atom. The highest BCUT2D eigenvalue weighted by Crippen LogP contribution is 2.28. The van der Waals surface area contributed by atoms with Gasteiger partial charge in [-0.15, -0.1) is 0 Å². The van der Waals surface area contributed by atoms with Crippen LogP contribution >= 0.6 is 0 Å². The normalized spacial score (nSPS) is 16.7. The second-order valence-corrected chi connectivity index (χ2v) is 4.40. The molecule has 98 valence electrons. The third kappa shape index (κ3) is 2.40. The Morgan fingerprint density at radius 1 is 1.32 bits per heavy atom. The topological polar surface area (TPSA) is 71.7 Å². The Kier molecular flexibility index (Phi) is 2.87. The standard InChI is InChI=1S/C14H13NO4/c16-14(17)12-5-6-13(19-12)15-8-10-7-9-3-1-2-4-11(9)18-10/h1-6,10,15H,7-8H2,(H,16,17). The van der Waals surface area contributed by atoms with Gasteiger partial charge in [0.2, 0.25) is 5.76 Å². The van der Waals surface area contributed by atoms with Crippen LogP contribution < -0.4 is 10.1 Å². The number of carbonyl (C=O) groups is 1. The van der Waals surface area contributed by atoms with Crippen molar-refractivity contribution in [1.82, 2.24) is 0 Å². The van der Waals surface area contributed by atoms with Crippen LogP contribution in [0.2, 0.25) is 0 Å². The van der Waals surface area contributed by atoms with Crippen molar-refractivity contribution in [2.24, 2.45) is 0 Å². The molecule has 0 fully saturated rings. The number of hydrogen-bond donors (Lipinski definition) is 2. The molecule has 2 N–H and O–H groups in total. The molecule has 0 spiro atoms. The molecule has 0 saturated carbocycles. The van der Waals surface area contributed by atoms with E-state index < -0.39 is 5.97 Å². The lowest BCUT2D eigenvalue weighted by atomic mass is 10.1. The molecule has 0 radical (unpaired) electrons. The molecule has 5 heteroatoms. The lowest BCUT2D eigenvalue weighted by molar-refractivity contribution is 0.0663. The van der Waals surface area contributed by atoms with Crippen molar-refractivity contribution in [3.05, 3.63) is 47.7 Å². The minimum atomic E-state index is -1.07. The summed E-state index contributed by atoms with van der Waals surface area (Å²) in [4.78, 5) is 10.7. The van der Waals surface area contributed by atoms with E-state index in [0.29, 0.717) is 12.4 Å². The van der Waals surface area contributed by atoms with Crippen molar-refractivity contribution < 1.29 is 19.1 Å². The molecule has 3 rings (SSSR count). The molecular weight excluding hydrogens is 246 g/mol. The van der Waals surface area contributed by atoms with Crippen LogP contribution in [0, 0.1) is 0 Å². The summed E-state index contributed by atoms with van der Waals surface area (Å²) in [5.74, 6) is 0.215. The first kappa shape index (κ1) is 11.6. The number of para-hydroxylation sites is 1. The lowest BCUT2D eigenvalue weighted by Gasteiger charge is -2.10. The van der Waals surface area contributed by atoms with Crippen molar-refractivity contribution in [3.8, 4) is 5.75 Å². The zero-order valence-electron chi connectivity index (χ0n) is 10.1. The molecule has 0 bridgehead atoms. The van der Waals surface area contributed by atoms with Gasteiger partial charge in [0.05, 0.1) is 6.54 Å². The molecular formula is C14H13NO4. The average molecular weight is 259 g/mol. The number of furan rings is 1. The summed E-state index contributed by atoms with van der Waals surface area (Å²) in [6.07, 6.45) is 0.881. The molecule has 1 aliphatic rings. The fourth-order valence-corrected chi connectivity index (χ4v) is 2.13. The van der Waals surface area contributed by atoms with E-state index in [0.717, 1.165) is 12.2 Å². The second-order valence-electron chi connectivity index (χ2n) is 4.40. The third-order valence-electron chi connectivity index (χ3n) is 3.03. The fraction of sp³-hybridized carbons (Fsp3) is 0.214. The Hall–Kier alpha value is -2.43. The van der Waals surface area contributed by atoms with Gasteiger partial charge < -0.3 is 19.6 Å². The van der Waals surface area contributed by atoms with Crippen molar-refractivity contribution in [1.29, 1.82) is 0 Å². The van der Waals surface area contributed by atoms with Crippen LogP contribution in [-0.2, 0) is 6.42 Å². The van der Waals surface area contributed by atoms with Crippen LogP contribution in [0.3, 0.4) is 0 Å². The van der Waals surface area contributed by atoms with Crippen LogP contribution in [0.25, 0.3) is 0 Å². The minimum absolute atomic E-state index is 0.0378. The zero-order chi connectivity index (χ0) is 13.2. The van der Waals surface area contributed by atoms with Crippen molar-refractivity contribution in [2.45, 2.75) is 12.5 Å². The Morgan fingerprint density at radius 3 is 2.89 bits per heavy atom. The summed E-state index contributed by atoms with van der Waals surface area (Å²) in [6.45, 7) is 0.571. The van der Waals surface area contributed by atoms with Gasteiger partial charge in [0.1, 0.15) is 11.9 Å². The number of carboxylic acids is 1. The molecule has 1 aliphatic heterocycles. The van der Waals surface area contributed by atoms with Crippen LogP contribution in [-0.4, -0.2) is 23.7 Å². The number of nitrogens with one attached hydrogen (secondary N) is 1. The van der Waals surface area contributed by atoms with E-state index in [4.69, 9.17) is 14.3 Å². The van der Waals surface area contributed by atoms with Gasteiger partial charge in [-0.1, -0.05) is 18.2 Å². The van der Waals surface area contributed by atoms with Gasteiger partial charge in [0, 0.05) is 12.5 Å². The number of benzene rings is 1. The van der Waals surface area contributed by atoms with Crippen molar-refractivity contribution >= 4 is 11.9 Å². The molecule has 2 aromatic rings. The van der Waals surface area contributed by atoms with E-state index in [9.17, 15) is 4.79 Å². The first-order valence-corrected chi connectivity index (χ1v) is 6.04. The van der Waals surface area contributed by atoms with E-state index in [-0.39, 0.29) is 11.9 Å². The monoisotopic (exact) mass is 259 g/mol. The second kappa shape index (κ2) is 4.68. The number of aromatic carboxylic acids is 1. The smallest absolute Gasteiger partial charge is 0.371 e. The summed E-state index contributed by atoms with van der Waals surface area (Å²) in [5, 5.41) is 11.8. The van der Waals surface area contributed by atoms with Crippen molar-refractivity contribution in [2.75, 3.05) is 11.9 Å². The molecule has 1 aromatic heterocycles. The zero-order valence-corrected chi connectivity index (χ0v) is 10.1. The summed E-state index contributed by atoms with van der Waals surface area (Å²) in [5.41, 5.74) is 1.19. The molecule has 19 heavy (non-hydrogen) atoms. The summed E-state index contributed by atoms with van der Waals surface area (Å²) in [7, 11) is 0. The maximum atomic E-state index is 10.7. The van der Waals surface area contributed by atoms with E-state index in [1.165, 1.54) is 11.6 Å². The molecule has 2 heterocycles. The lowest BCUT2D eigenvalue weighted by Crippen LogP contribution is -2.23. The summed E-state index contributed by atoms with van der Waals surface area (Å²) in [6, 6.07) is 11.0. The SMILES string of the molecule is O=C(O)c1ccc(NCC2Cc3ccccc3O2)o1. The summed E-state index contributed by atoms with van der Waals surface area (Å²) < 4.78 is 10.9. The van der Waals surface area contributed by atoms with E-state index >= 15 is 0 Å². The average Bonchev–Trinajstić information content (AvgIpc) is 3.02. The predicted octanol–water partition coefficient (Wildman–Crippen LogP) is 2.39. The number of hydrogen-bond acceptors (Lipinski definition) is 4. The van der Waals surface area contributed by atoms with Gasteiger partial charge in [-0.05, 0) is 17.7 Å². The van der Waals surface area contributed by atoms with Crippen LogP contribution in [0.1, 0.15) is 16.1 Å². The quantitative estimate of drug-likeness (QED) is 0.882. The highest BCUT2D eigenvalue weighted by Gasteiger charge is 2.22. The highest BCUT2D eigenvalue weighted by molar-refractivity contribution is 5.84. The number of carboxylic acid groups (broad SMARTS) is 1. The minimum Gasteiger partial charge on any atom is -0.488 e. The Bertz CT molecular complexity index is 580. The van der Waals surface area contributed by atoms with Gasteiger partial charge in [0.25, 0.3) is 0 Å². The summed E-state index contributed by atoms with van der Waals surface area (Å²) >= 11 is 0. The molecule has 0 aliphatic carbocycles. The van der Waals surface area contributed by atoms with E-state index in [2.05, 4.69) is 5.32 Å². The number of anilines is 1. The van der Waals surface area contributed by atoms with Gasteiger partial charge in [-0.25, -0.2) is 4.79 Å². The number of fused-ring (bicyclic) bond motifs is 1. The van der Waals surface area contributed by atoms with Crippen LogP contribution in [0.4, 0.5) is 5.88 Å². The Balaban J connectivity index is 1.58. The number of ether oxygens (including phenoxy) is 1. The van der Waals surface area contributed by atoms with Gasteiger partial charge in [-0.2, -0.15) is 0 Å². The first-order chi connectivity index (χ1) is 9.22. The maximum absolute atomic E-state index is 10.7. The van der Waals surface area contributed by atoms with Gasteiger partial charge in [-0.3, -0.25) is 0 Å². The fourth-order valence-electron chi connectivity index (χ4n) is 2.13. The number of rotatable bonds is 4. The van der Waals surface area contributed by atoms with Crippen LogP contribution in [0.5, 0.6) is 5.75 Å². The van der Waals surface area contributed by atoms with E-state index in [1.807, 2.05) is 24.3 Å². The Labute approximate surface area is 109 Å². The molecule has 1 aromatic carbocycles. The van der Waals surface area contributed by atoms with Crippen molar-refractivity contribution in [3.63, 3.8) is 0 Å². The van der Waals surface area contributed by atoms with Gasteiger partial charge in [0.15, 0.2) is 5.88 Å². The molecule has 0 saturated heterocycles. The maximum Gasteiger partial charge on any atom is 0.371 e. The van der Waals surface area contributed by atoms with E-state index in [1.54, 1.807) is 6.07 Å². The molecule has 0 amide bonds. The predicted molar refractivity (Wildman–Crippen MR) is 68.7 cm³/mol. The third-order valence-corrected chi connectivity index (χ3v) is 3.03.